The maximum absolute atomic E-state index is 13.0. The predicted molar refractivity (Wildman–Crippen MR) is 121 cm³/mol. The summed E-state index contributed by atoms with van der Waals surface area (Å²) in [5, 5.41) is 2.89. The summed E-state index contributed by atoms with van der Waals surface area (Å²) in [5.74, 6) is 0.232. The van der Waals surface area contributed by atoms with Gasteiger partial charge in [-0.15, -0.1) is 0 Å². The van der Waals surface area contributed by atoms with E-state index in [9.17, 15) is 14.4 Å². The Morgan fingerprint density at radius 3 is 2.53 bits per heavy atom. The Balaban J connectivity index is 1.27. The van der Waals surface area contributed by atoms with Gasteiger partial charge in [-0.2, -0.15) is 0 Å². The fourth-order valence-corrected chi connectivity index (χ4v) is 4.38. The summed E-state index contributed by atoms with van der Waals surface area (Å²) in [6, 6.07) is 10.6. The Labute approximate surface area is 188 Å². The molecule has 0 spiro atoms. The second-order valence-corrected chi connectivity index (χ2v) is 8.96. The minimum atomic E-state index is -0.394. The van der Waals surface area contributed by atoms with E-state index in [4.69, 9.17) is 4.74 Å². The number of ether oxygens (including phenoxy) is 1. The van der Waals surface area contributed by atoms with Crippen LogP contribution in [0.1, 0.15) is 59.9 Å². The van der Waals surface area contributed by atoms with E-state index in [1.54, 1.807) is 24.3 Å². The van der Waals surface area contributed by atoms with Crippen molar-refractivity contribution in [3.63, 3.8) is 0 Å². The van der Waals surface area contributed by atoms with Crippen molar-refractivity contribution in [1.29, 1.82) is 0 Å². The molecule has 7 nitrogen and oxygen atoms in total. The van der Waals surface area contributed by atoms with Crippen LogP contribution >= 0.6 is 0 Å². The summed E-state index contributed by atoms with van der Waals surface area (Å²) in [5.41, 5.74) is 1.81. The maximum Gasteiger partial charge on any atom is 0.338 e. The van der Waals surface area contributed by atoms with Gasteiger partial charge in [0.25, 0.3) is 5.91 Å². The Kier molecular flexibility index (Phi) is 6.63. The van der Waals surface area contributed by atoms with Gasteiger partial charge in [0.1, 0.15) is 5.69 Å². The third-order valence-corrected chi connectivity index (χ3v) is 6.57. The van der Waals surface area contributed by atoms with Crippen LogP contribution in [0, 0.1) is 11.8 Å². The molecule has 0 radical (unpaired) electrons. The lowest BCUT2D eigenvalue weighted by molar-refractivity contribution is -0.117. The molecule has 1 aromatic heterocycles. The first-order valence-electron chi connectivity index (χ1n) is 11.4. The van der Waals surface area contributed by atoms with Gasteiger partial charge < -0.3 is 19.5 Å². The van der Waals surface area contributed by atoms with E-state index in [0.29, 0.717) is 29.3 Å². The highest BCUT2D eigenvalue weighted by Gasteiger charge is 2.39. The fraction of sp³-hybridized carbons (Fsp3) is 0.480. The van der Waals surface area contributed by atoms with E-state index < -0.39 is 5.97 Å². The van der Waals surface area contributed by atoms with E-state index in [1.165, 1.54) is 0 Å². The number of esters is 1. The van der Waals surface area contributed by atoms with Gasteiger partial charge in [-0.3, -0.25) is 9.59 Å². The summed E-state index contributed by atoms with van der Waals surface area (Å²) in [6.07, 6.45) is 6.41. The molecular weight excluding hydrogens is 406 g/mol. The molecule has 0 bridgehead atoms. The first-order valence-corrected chi connectivity index (χ1v) is 11.4. The lowest BCUT2D eigenvalue weighted by Crippen LogP contribution is -2.44. The van der Waals surface area contributed by atoms with Crippen molar-refractivity contribution >= 4 is 23.5 Å². The van der Waals surface area contributed by atoms with Gasteiger partial charge in [-0.05, 0) is 68.0 Å². The number of nitrogens with one attached hydrogen (secondary N) is 1. The van der Waals surface area contributed by atoms with Crippen LogP contribution in [-0.2, 0) is 16.6 Å². The smallest absolute Gasteiger partial charge is 0.338 e. The highest BCUT2D eigenvalue weighted by Crippen LogP contribution is 2.38. The second kappa shape index (κ2) is 9.59. The molecule has 2 amide bonds. The number of hydrogen-bond acceptors (Lipinski definition) is 4. The third-order valence-electron chi connectivity index (χ3n) is 6.57. The molecule has 1 aliphatic heterocycles. The van der Waals surface area contributed by atoms with Crippen molar-refractivity contribution in [2.45, 2.75) is 45.1 Å². The molecule has 2 aliphatic rings. The molecule has 3 atom stereocenters. The van der Waals surface area contributed by atoms with Gasteiger partial charge in [0.05, 0.1) is 12.2 Å². The van der Waals surface area contributed by atoms with Gasteiger partial charge >= 0.3 is 5.97 Å². The minimum Gasteiger partial charge on any atom is -0.462 e. The number of piperidine rings is 1. The number of aryl methyl sites for hydroxylation is 1. The molecule has 1 N–H and O–H groups in total. The number of likely N-dealkylation sites (tertiary alicyclic amines) is 1. The van der Waals surface area contributed by atoms with Crippen LogP contribution in [0.5, 0.6) is 0 Å². The Morgan fingerprint density at radius 2 is 1.88 bits per heavy atom. The molecule has 1 saturated carbocycles. The first-order chi connectivity index (χ1) is 15.4. The van der Waals surface area contributed by atoms with Crippen LogP contribution in [0.3, 0.4) is 0 Å². The normalized spacial score (nSPS) is 22.3. The van der Waals surface area contributed by atoms with Crippen LogP contribution in [0.4, 0.5) is 5.69 Å². The first kappa shape index (κ1) is 22.1. The van der Waals surface area contributed by atoms with E-state index in [-0.39, 0.29) is 30.4 Å². The molecule has 1 saturated heterocycles. The molecule has 4 rings (SSSR count). The average Bonchev–Trinajstić information content (AvgIpc) is 3.38. The zero-order valence-electron chi connectivity index (χ0n) is 18.8. The van der Waals surface area contributed by atoms with Gasteiger partial charge in [0, 0.05) is 43.9 Å². The van der Waals surface area contributed by atoms with Crippen LogP contribution in [0.15, 0.2) is 42.6 Å². The summed E-state index contributed by atoms with van der Waals surface area (Å²) < 4.78 is 7.33. The van der Waals surface area contributed by atoms with Crippen molar-refractivity contribution in [2.75, 3.05) is 18.5 Å². The van der Waals surface area contributed by atoms with Crippen LogP contribution in [0.2, 0.25) is 0 Å². The molecule has 2 fully saturated rings. The van der Waals surface area contributed by atoms with Crippen molar-refractivity contribution in [3.8, 4) is 0 Å². The summed E-state index contributed by atoms with van der Waals surface area (Å²) in [4.78, 5) is 39.3. The van der Waals surface area contributed by atoms with E-state index in [1.807, 2.05) is 34.8 Å². The number of anilines is 1. The van der Waals surface area contributed by atoms with E-state index >= 15 is 0 Å². The minimum absolute atomic E-state index is 0.0340. The predicted octanol–water partition coefficient (Wildman–Crippen LogP) is 3.86. The zero-order valence-corrected chi connectivity index (χ0v) is 18.8. The molecule has 3 unspecified atom stereocenters. The van der Waals surface area contributed by atoms with Crippen LogP contribution in [-0.4, -0.2) is 46.4 Å². The molecular formula is C25H31N3O4. The zero-order chi connectivity index (χ0) is 22.7. The average molecular weight is 438 g/mol. The number of rotatable bonds is 7. The number of benzene rings is 1. The Morgan fingerprint density at radius 1 is 1.12 bits per heavy atom. The molecule has 2 heterocycles. The maximum atomic E-state index is 13.0. The van der Waals surface area contributed by atoms with Crippen molar-refractivity contribution in [1.82, 2.24) is 9.47 Å². The van der Waals surface area contributed by atoms with Gasteiger partial charge in [0.2, 0.25) is 5.91 Å². The van der Waals surface area contributed by atoms with E-state index in [0.717, 1.165) is 32.2 Å². The molecule has 2 aromatic rings. The number of carbonyl (C=O) groups excluding carboxylic acids is 3. The van der Waals surface area contributed by atoms with Gasteiger partial charge in [0.15, 0.2) is 0 Å². The third kappa shape index (κ3) is 5.03. The summed E-state index contributed by atoms with van der Waals surface area (Å²) >= 11 is 0. The van der Waals surface area contributed by atoms with Crippen LogP contribution in [0.25, 0.3) is 0 Å². The molecule has 1 aromatic carbocycles. The highest BCUT2D eigenvalue weighted by atomic mass is 16.5. The standard InChI is InChI=1S/C25H31N3O4/c1-17-16-21(17)23(29)26-19-10-8-18(9-11-19)25(31)32-15-12-20-6-3-4-14-28(20)24(30)22-7-5-13-27(22)2/h5,7-11,13,17,20-21H,3-4,6,12,14-16H2,1-2H3,(H,26,29). The molecule has 7 heteroatoms. The number of aromatic nitrogens is 1. The van der Waals surface area contributed by atoms with Gasteiger partial charge in [-0.1, -0.05) is 6.92 Å². The quantitative estimate of drug-likeness (QED) is 0.667. The molecule has 32 heavy (non-hydrogen) atoms. The number of hydrogen-bond donors (Lipinski definition) is 1. The summed E-state index contributed by atoms with van der Waals surface area (Å²) in [7, 11) is 1.87. The largest absolute Gasteiger partial charge is 0.462 e. The fourth-order valence-electron chi connectivity index (χ4n) is 4.38. The number of amides is 2. The topological polar surface area (TPSA) is 80.6 Å². The van der Waals surface area contributed by atoms with E-state index in [2.05, 4.69) is 12.2 Å². The van der Waals surface area contributed by atoms with Crippen molar-refractivity contribution in [3.05, 3.63) is 53.9 Å². The second-order valence-electron chi connectivity index (χ2n) is 8.96. The molecule has 1 aliphatic carbocycles. The lowest BCUT2D eigenvalue weighted by Gasteiger charge is -2.35. The van der Waals surface area contributed by atoms with Crippen molar-refractivity contribution < 1.29 is 19.1 Å². The Hall–Kier alpha value is -3.09. The van der Waals surface area contributed by atoms with Crippen molar-refractivity contribution in [2.24, 2.45) is 18.9 Å². The van der Waals surface area contributed by atoms with Gasteiger partial charge in [-0.25, -0.2) is 4.79 Å². The van der Waals surface area contributed by atoms with Crippen LogP contribution < -0.4 is 5.32 Å². The lowest BCUT2D eigenvalue weighted by atomic mass is 9.99. The monoisotopic (exact) mass is 437 g/mol. The number of nitrogens with zero attached hydrogens (tertiary/aromatic N) is 2. The molecule has 170 valence electrons. The SMILES string of the molecule is CC1CC1C(=O)Nc1ccc(C(=O)OCCC2CCCCN2C(=O)c2cccn2C)cc1. The highest BCUT2D eigenvalue weighted by molar-refractivity contribution is 5.95. The number of carbonyl (C=O) groups is 3. The Bertz CT molecular complexity index is 981. The summed E-state index contributed by atoms with van der Waals surface area (Å²) in [6.45, 7) is 3.06.